The van der Waals surface area contributed by atoms with Crippen LogP contribution in [0.25, 0.3) is 0 Å². The Balaban J connectivity index is 2.08. The molecule has 1 saturated heterocycles. The topological polar surface area (TPSA) is 78.9 Å². The van der Waals surface area contributed by atoms with Gasteiger partial charge >= 0.3 is 0 Å². The minimum atomic E-state index is -3.48. The standard InChI is InChI=1S/C15H23N3O4S/c1-12(15(19)16-2)22-13-4-6-14(7-5-13)23(20,21)18-10-8-17(3)9-11-18/h4-7,12H,8-11H2,1-3H3,(H,16,19)/t12-/m0/s1. The van der Waals surface area contributed by atoms with Gasteiger partial charge < -0.3 is 15.0 Å². The second-order valence-electron chi connectivity index (χ2n) is 5.55. The zero-order chi connectivity index (χ0) is 17.0. The number of likely N-dealkylation sites (N-methyl/N-ethyl adjacent to an activating group) is 2. The molecule has 0 radical (unpaired) electrons. The van der Waals surface area contributed by atoms with Crippen molar-refractivity contribution in [3.8, 4) is 5.75 Å². The molecule has 1 aromatic carbocycles. The Morgan fingerprint density at radius 3 is 2.26 bits per heavy atom. The van der Waals surface area contributed by atoms with Gasteiger partial charge in [0.2, 0.25) is 10.0 Å². The SMILES string of the molecule is CNC(=O)[C@H](C)Oc1ccc(S(=O)(=O)N2CCN(C)CC2)cc1. The van der Waals surface area contributed by atoms with E-state index in [1.807, 2.05) is 7.05 Å². The van der Waals surface area contributed by atoms with Crippen LogP contribution in [0.15, 0.2) is 29.2 Å². The summed E-state index contributed by atoms with van der Waals surface area (Å²) in [6.45, 7) is 4.07. The van der Waals surface area contributed by atoms with Crippen LogP contribution in [0, 0.1) is 0 Å². The first-order valence-corrected chi connectivity index (χ1v) is 8.95. The monoisotopic (exact) mass is 341 g/mol. The lowest BCUT2D eigenvalue weighted by atomic mass is 10.3. The molecule has 1 fully saturated rings. The van der Waals surface area contributed by atoms with E-state index < -0.39 is 16.1 Å². The van der Waals surface area contributed by atoms with E-state index in [1.165, 1.54) is 23.5 Å². The molecule has 1 atom stereocenters. The number of hydrogen-bond donors (Lipinski definition) is 1. The van der Waals surface area contributed by atoms with E-state index in [1.54, 1.807) is 19.1 Å². The Morgan fingerprint density at radius 1 is 1.17 bits per heavy atom. The lowest BCUT2D eigenvalue weighted by Crippen LogP contribution is -2.46. The average molecular weight is 341 g/mol. The summed E-state index contributed by atoms with van der Waals surface area (Å²) in [7, 11) is 0.0317. The number of carbonyl (C=O) groups excluding carboxylic acids is 1. The highest BCUT2D eigenvalue weighted by molar-refractivity contribution is 7.89. The Hall–Kier alpha value is -1.64. The van der Waals surface area contributed by atoms with Gasteiger partial charge in [-0.25, -0.2) is 8.42 Å². The largest absolute Gasteiger partial charge is 0.481 e. The quantitative estimate of drug-likeness (QED) is 0.824. The van der Waals surface area contributed by atoms with E-state index in [-0.39, 0.29) is 10.8 Å². The molecule has 1 N–H and O–H groups in total. The molecule has 0 aliphatic carbocycles. The molecule has 0 spiro atoms. The molecule has 1 amide bonds. The molecule has 1 aliphatic rings. The Morgan fingerprint density at radius 2 is 1.74 bits per heavy atom. The van der Waals surface area contributed by atoms with Gasteiger partial charge in [-0.15, -0.1) is 0 Å². The third-order valence-corrected chi connectivity index (χ3v) is 5.77. The fourth-order valence-corrected chi connectivity index (χ4v) is 3.75. The maximum absolute atomic E-state index is 12.6. The molecule has 128 valence electrons. The Bertz CT molecular complexity index is 637. The molecule has 2 rings (SSSR count). The van der Waals surface area contributed by atoms with Gasteiger partial charge in [-0.3, -0.25) is 4.79 Å². The summed E-state index contributed by atoms with van der Waals surface area (Å²) in [6.07, 6.45) is -0.639. The van der Waals surface area contributed by atoms with Gasteiger partial charge in [0, 0.05) is 33.2 Å². The van der Waals surface area contributed by atoms with E-state index in [0.717, 1.165) is 13.1 Å². The van der Waals surface area contributed by atoms with Crippen LogP contribution in [0.5, 0.6) is 5.75 Å². The first kappa shape index (κ1) is 17.7. The summed E-state index contributed by atoms with van der Waals surface area (Å²) in [6, 6.07) is 6.17. The maximum Gasteiger partial charge on any atom is 0.260 e. The summed E-state index contributed by atoms with van der Waals surface area (Å²) in [5.74, 6) is 0.220. The first-order valence-electron chi connectivity index (χ1n) is 7.51. The van der Waals surface area contributed by atoms with Crippen LogP contribution in [0.2, 0.25) is 0 Å². The van der Waals surface area contributed by atoms with Crippen LogP contribution in [0.4, 0.5) is 0 Å². The second kappa shape index (κ2) is 7.29. The summed E-state index contributed by atoms with van der Waals surface area (Å²) in [5.41, 5.74) is 0. The van der Waals surface area contributed by atoms with Crippen LogP contribution in [-0.2, 0) is 14.8 Å². The molecular formula is C15H23N3O4S. The maximum atomic E-state index is 12.6. The Kier molecular flexibility index (Phi) is 5.61. The van der Waals surface area contributed by atoms with Gasteiger partial charge in [-0.05, 0) is 38.2 Å². The molecule has 0 unspecified atom stereocenters. The molecule has 7 nitrogen and oxygen atoms in total. The van der Waals surface area contributed by atoms with E-state index >= 15 is 0 Å². The average Bonchev–Trinajstić information content (AvgIpc) is 2.55. The van der Waals surface area contributed by atoms with Crippen LogP contribution in [0.1, 0.15) is 6.92 Å². The fourth-order valence-electron chi connectivity index (χ4n) is 2.33. The number of nitrogens with zero attached hydrogens (tertiary/aromatic N) is 2. The molecule has 1 aliphatic heterocycles. The van der Waals surface area contributed by atoms with Crippen molar-refractivity contribution < 1.29 is 17.9 Å². The fraction of sp³-hybridized carbons (Fsp3) is 0.533. The summed E-state index contributed by atoms with van der Waals surface area (Å²) >= 11 is 0. The number of piperazine rings is 1. The summed E-state index contributed by atoms with van der Waals surface area (Å²) in [5, 5.41) is 2.50. The normalized spacial score (nSPS) is 18.4. The number of benzene rings is 1. The van der Waals surface area contributed by atoms with Crippen molar-refractivity contribution in [3.63, 3.8) is 0 Å². The number of rotatable bonds is 5. The van der Waals surface area contributed by atoms with Crippen molar-refractivity contribution in [1.82, 2.24) is 14.5 Å². The highest BCUT2D eigenvalue weighted by Crippen LogP contribution is 2.21. The predicted octanol–water partition coefficient (Wildman–Crippen LogP) is 0.136. The number of nitrogens with one attached hydrogen (secondary N) is 1. The van der Waals surface area contributed by atoms with Gasteiger partial charge in [0.25, 0.3) is 5.91 Å². The van der Waals surface area contributed by atoms with E-state index in [4.69, 9.17) is 4.74 Å². The van der Waals surface area contributed by atoms with Crippen molar-refractivity contribution in [1.29, 1.82) is 0 Å². The van der Waals surface area contributed by atoms with Gasteiger partial charge in [0.15, 0.2) is 6.10 Å². The van der Waals surface area contributed by atoms with Gasteiger partial charge in [-0.2, -0.15) is 4.31 Å². The van der Waals surface area contributed by atoms with Crippen LogP contribution in [-0.4, -0.2) is 69.9 Å². The van der Waals surface area contributed by atoms with Crippen molar-refractivity contribution in [3.05, 3.63) is 24.3 Å². The number of carbonyl (C=O) groups is 1. The zero-order valence-corrected chi connectivity index (χ0v) is 14.5. The zero-order valence-electron chi connectivity index (χ0n) is 13.7. The molecule has 0 aromatic heterocycles. The third kappa shape index (κ3) is 4.21. The number of hydrogen-bond acceptors (Lipinski definition) is 5. The van der Waals surface area contributed by atoms with E-state index in [0.29, 0.717) is 18.8 Å². The van der Waals surface area contributed by atoms with Gasteiger partial charge in [0.05, 0.1) is 4.90 Å². The summed E-state index contributed by atoms with van der Waals surface area (Å²) < 4.78 is 32.1. The van der Waals surface area contributed by atoms with Crippen molar-refractivity contribution in [2.45, 2.75) is 17.9 Å². The molecule has 23 heavy (non-hydrogen) atoms. The molecule has 1 heterocycles. The lowest BCUT2D eigenvalue weighted by Gasteiger charge is -2.31. The molecule has 8 heteroatoms. The van der Waals surface area contributed by atoms with Gasteiger partial charge in [-0.1, -0.05) is 0 Å². The van der Waals surface area contributed by atoms with Crippen LogP contribution in [0.3, 0.4) is 0 Å². The number of ether oxygens (including phenoxy) is 1. The minimum Gasteiger partial charge on any atom is -0.481 e. The lowest BCUT2D eigenvalue weighted by molar-refractivity contribution is -0.126. The number of amides is 1. The van der Waals surface area contributed by atoms with Crippen LogP contribution >= 0.6 is 0 Å². The van der Waals surface area contributed by atoms with Gasteiger partial charge in [0.1, 0.15) is 5.75 Å². The minimum absolute atomic E-state index is 0.237. The van der Waals surface area contributed by atoms with Crippen LogP contribution < -0.4 is 10.1 Å². The predicted molar refractivity (Wildman–Crippen MR) is 86.9 cm³/mol. The van der Waals surface area contributed by atoms with Crippen molar-refractivity contribution in [2.24, 2.45) is 0 Å². The molecular weight excluding hydrogens is 318 g/mol. The molecule has 0 saturated carbocycles. The van der Waals surface area contributed by atoms with Crippen molar-refractivity contribution >= 4 is 15.9 Å². The smallest absolute Gasteiger partial charge is 0.260 e. The second-order valence-corrected chi connectivity index (χ2v) is 7.49. The highest BCUT2D eigenvalue weighted by atomic mass is 32.2. The highest BCUT2D eigenvalue weighted by Gasteiger charge is 2.27. The summed E-state index contributed by atoms with van der Waals surface area (Å²) in [4.78, 5) is 13.8. The van der Waals surface area contributed by atoms with E-state index in [2.05, 4.69) is 10.2 Å². The first-order chi connectivity index (χ1) is 10.8. The number of sulfonamides is 1. The molecule has 0 bridgehead atoms. The Labute approximate surface area is 137 Å². The van der Waals surface area contributed by atoms with Crippen molar-refractivity contribution in [2.75, 3.05) is 40.3 Å². The molecule has 1 aromatic rings. The van der Waals surface area contributed by atoms with E-state index in [9.17, 15) is 13.2 Å². The third-order valence-electron chi connectivity index (χ3n) is 3.85.